The zero-order valence-corrected chi connectivity index (χ0v) is 10.9. The Morgan fingerprint density at radius 1 is 1.05 bits per heavy atom. The fourth-order valence-corrected chi connectivity index (χ4v) is 1.83. The van der Waals surface area contributed by atoms with E-state index in [1.165, 1.54) is 18.2 Å². The van der Waals surface area contributed by atoms with Gasteiger partial charge < -0.3 is 10.5 Å². The van der Waals surface area contributed by atoms with Crippen molar-refractivity contribution in [1.29, 1.82) is 0 Å². The normalized spacial score (nSPS) is 12.2. The van der Waals surface area contributed by atoms with E-state index < -0.39 is 17.5 Å². The highest BCUT2D eigenvalue weighted by Gasteiger charge is 2.14. The lowest BCUT2D eigenvalue weighted by Gasteiger charge is -2.14. The highest BCUT2D eigenvalue weighted by Crippen LogP contribution is 2.30. The lowest BCUT2D eigenvalue weighted by molar-refractivity contribution is 0.426. The molecule has 0 saturated heterocycles. The first-order chi connectivity index (χ1) is 9.47. The third-order valence-corrected chi connectivity index (χ3v) is 2.72. The van der Waals surface area contributed by atoms with Gasteiger partial charge >= 0.3 is 0 Å². The summed E-state index contributed by atoms with van der Waals surface area (Å²) in [5, 5.41) is 0. The molecule has 106 valence electrons. The van der Waals surface area contributed by atoms with Crippen LogP contribution in [0.4, 0.5) is 13.2 Å². The Labute approximate surface area is 115 Å². The van der Waals surface area contributed by atoms with Gasteiger partial charge in [-0.25, -0.2) is 13.2 Å². The van der Waals surface area contributed by atoms with Crippen molar-refractivity contribution in [3.8, 4) is 11.5 Å². The van der Waals surface area contributed by atoms with Crippen LogP contribution < -0.4 is 10.5 Å². The molecule has 2 nitrogen and oxygen atoms in total. The van der Waals surface area contributed by atoms with Crippen LogP contribution in [0.3, 0.4) is 0 Å². The Bertz CT molecular complexity index is 614. The summed E-state index contributed by atoms with van der Waals surface area (Å²) in [5.74, 6) is -2.01. The number of halogens is 3. The number of hydrogen-bond donors (Lipinski definition) is 1. The van der Waals surface area contributed by atoms with Gasteiger partial charge in [0.1, 0.15) is 17.4 Å². The minimum absolute atomic E-state index is 0.164. The number of ether oxygens (including phenoxy) is 1. The van der Waals surface area contributed by atoms with E-state index in [1.54, 1.807) is 6.92 Å². The van der Waals surface area contributed by atoms with Gasteiger partial charge in [-0.15, -0.1) is 0 Å². The fourth-order valence-electron chi connectivity index (χ4n) is 1.83. The molecule has 0 amide bonds. The number of benzene rings is 2. The number of nitrogens with two attached hydrogens (primary N) is 1. The van der Waals surface area contributed by atoms with Gasteiger partial charge in [-0.1, -0.05) is 6.07 Å². The van der Waals surface area contributed by atoms with Gasteiger partial charge in [-0.3, -0.25) is 0 Å². The van der Waals surface area contributed by atoms with E-state index >= 15 is 0 Å². The highest BCUT2D eigenvalue weighted by atomic mass is 19.1. The Balaban J connectivity index is 2.35. The summed E-state index contributed by atoms with van der Waals surface area (Å²) in [7, 11) is 0. The minimum atomic E-state index is -0.846. The van der Waals surface area contributed by atoms with Crippen LogP contribution in [0.15, 0.2) is 36.4 Å². The standard InChI is InChI=1S/C15H14F3NO/c1-9(19)7-11-12(17)3-2-4-14(11)20-15-6-5-10(16)8-13(15)18/h2-6,8-9H,7,19H2,1H3. The zero-order chi connectivity index (χ0) is 14.7. The molecule has 0 aliphatic carbocycles. The van der Waals surface area contributed by atoms with Crippen molar-refractivity contribution in [3.05, 3.63) is 59.4 Å². The monoisotopic (exact) mass is 281 g/mol. The van der Waals surface area contributed by atoms with Crippen LogP contribution in [0.2, 0.25) is 0 Å². The third kappa shape index (κ3) is 3.30. The predicted octanol–water partition coefficient (Wildman–Crippen LogP) is 3.79. The van der Waals surface area contributed by atoms with E-state index in [2.05, 4.69) is 0 Å². The largest absolute Gasteiger partial charge is 0.454 e. The molecule has 1 unspecified atom stereocenters. The molecule has 2 aromatic rings. The van der Waals surface area contributed by atoms with E-state index in [4.69, 9.17) is 10.5 Å². The first kappa shape index (κ1) is 14.4. The lowest BCUT2D eigenvalue weighted by Crippen LogP contribution is -2.19. The number of hydrogen-bond acceptors (Lipinski definition) is 2. The zero-order valence-electron chi connectivity index (χ0n) is 10.9. The summed E-state index contributed by atoms with van der Waals surface area (Å²) >= 11 is 0. The third-order valence-electron chi connectivity index (χ3n) is 2.72. The van der Waals surface area contributed by atoms with Crippen LogP contribution in [-0.2, 0) is 6.42 Å². The van der Waals surface area contributed by atoms with Crippen molar-refractivity contribution < 1.29 is 17.9 Å². The Morgan fingerprint density at radius 2 is 1.80 bits per heavy atom. The molecule has 0 radical (unpaired) electrons. The molecule has 5 heteroatoms. The van der Waals surface area contributed by atoms with Crippen LogP contribution in [-0.4, -0.2) is 6.04 Å². The quantitative estimate of drug-likeness (QED) is 0.925. The van der Waals surface area contributed by atoms with Crippen LogP contribution in [0.5, 0.6) is 11.5 Å². The van der Waals surface area contributed by atoms with Crippen molar-refractivity contribution in [2.75, 3.05) is 0 Å². The molecule has 0 spiro atoms. The maximum absolute atomic E-state index is 13.8. The van der Waals surface area contributed by atoms with Gasteiger partial charge in [-0.2, -0.15) is 0 Å². The average Bonchev–Trinajstić information content (AvgIpc) is 2.36. The summed E-state index contributed by atoms with van der Waals surface area (Å²) in [6.07, 6.45) is 0.255. The Hall–Kier alpha value is -2.01. The molecule has 2 aromatic carbocycles. The van der Waals surface area contributed by atoms with Crippen LogP contribution >= 0.6 is 0 Å². The van der Waals surface area contributed by atoms with Gasteiger partial charge in [0.05, 0.1) is 0 Å². The Morgan fingerprint density at radius 3 is 2.45 bits per heavy atom. The number of rotatable bonds is 4. The molecular formula is C15H14F3NO. The van der Waals surface area contributed by atoms with Gasteiger partial charge in [0.15, 0.2) is 11.6 Å². The highest BCUT2D eigenvalue weighted by molar-refractivity contribution is 5.39. The van der Waals surface area contributed by atoms with Gasteiger partial charge in [0, 0.05) is 17.7 Å². The maximum atomic E-state index is 13.8. The smallest absolute Gasteiger partial charge is 0.168 e. The first-order valence-electron chi connectivity index (χ1n) is 6.13. The molecule has 0 saturated carbocycles. The van der Waals surface area contributed by atoms with Crippen molar-refractivity contribution in [2.45, 2.75) is 19.4 Å². The molecule has 0 bridgehead atoms. The second-order valence-corrected chi connectivity index (χ2v) is 4.57. The van der Waals surface area contributed by atoms with Crippen LogP contribution in [0.1, 0.15) is 12.5 Å². The predicted molar refractivity (Wildman–Crippen MR) is 70.2 cm³/mol. The second kappa shape index (κ2) is 5.96. The molecule has 1 atom stereocenters. The maximum Gasteiger partial charge on any atom is 0.168 e. The van der Waals surface area contributed by atoms with Gasteiger partial charge in [0.25, 0.3) is 0 Å². The van der Waals surface area contributed by atoms with Crippen molar-refractivity contribution in [3.63, 3.8) is 0 Å². The molecule has 0 fully saturated rings. The van der Waals surface area contributed by atoms with Crippen molar-refractivity contribution in [2.24, 2.45) is 5.73 Å². The fraction of sp³-hybridized carbons (Fsp3) is 0.200. The van der Waals surface area contributed by atoms with Gasteiger partial charge in [0.2, 0.25) is 0 Å². The van der Waals surface area contributed by atoms with Crippen molar-refractivity contribution in [1.82, 2.24) is 0 Å². The molecule has 0 aliphatic heterocycles. The molecule has 0 heterocycles. The molecule has 20 heavy (non-hydrogen) atoms. The molecule has 0 aromatic heterocycles. The Kier molecular flexibility index (Phi) is 4.29. The van der Waals surface area contributed by atoms with E-state index in [0.717, 1.165) is 12.1 Å². The summed E-state index contributed by atoms with van der Waals surface area (Å²) < 4.78 is 45.5. The molecular weight excluding hydrogens is 267 g/mol. The molecule has 2 rings (SSSR count). The summed E-state index contributed by atoms with van der Waals surface area (Å²) in [4.78, 5) is 0. The lowest BCUT2D eigenvalue weighted by atomic mass is 10.1. The topological polar surface area (TPSA) is 35.2 Å². The summed E-state index contributed by atoms with van der Waals surface area (Å²) in [6, 6.07) is 6.92. The van der Waals surface area contributed by atoms with E-state index in [9.17, 15) is 13.2 Å². The van der Waals surface area contributed by atoms with E-state index in [0.29, 0.717) is 6.07 Å². The average molecular weight is 281 g/mol. The SMILES string of the molecule is CC(N)Cc1c(F)cccc1Oc1ccc(F)cc1F. The summed E-state index contributed by atoms with van der Waals surface area (Å²) in [5.41, 5.74) is 5.93. The molecule has 2 N–H and O–H groups in total. The minimum Gasteiger partial charge on any atom is -0.454 e. The van der Waals surface area contributed by atoms with E-state index in [1.807, 2.05) is 0 Å². The summed E-state index contributed by atoms with van der Waals surface area (Å²) in [6.45, 7) is 1.73. The van der Waals surface area contributed by atoms with Gasteiger partial charge in [-0.05, 0) is 37.6 Å². The van der Waals surface area contributed by atoms with Crippen molar-refractivity contribution >= 4 is 0 Å². The second-order valence-electron chi connectivity index (χ2n) is 4.57. The van der Waals surface area contributed by atoms with Crippen LogP contribution in [0.25, 0.3) is 0 Å². The van der Waals surface area contributed by atoms with E-state index in [-0.39, 0.29) is 29.5 Å². The van der Waals surface area contributed by atoms with Crippen LogP contribution in [0, 0.1) is 17.5 Å². The molecule has 0 aliphatic rings. The first-order valence-corrected chi connectivity index (χ1v) is 6.13.